The third-order valence-corrected chi connectivity index (χ3v) is 5.46. The highest BCUT2D eigenvalue weighted by Gasteiger charge is 2.38. The number of aromatic nitrogens is 3. The summed E-state index contributed by atoms with van der Waals surface area (Å²) in [4.78, 5) is 43.3. The Kier molecular flexibility index (Phi) is 4.74. The summed E-state index contributed by atoms with van der Waals surface area (Å²) in [5.41, 5.74) is 3.89. The van der Waals surface area contributed by atoms with Gasteiger partial charge in [0, 0.05) is 30.9 Å². The van der Waals surface area contributed by atoms with E-state index in [4.69, 9.17) is 0 Å². The van der Waals surface area contributed by atoms with Crippen molar-refractivity contribution >= 4 is 34.4 Å². The van der Waals surface area contributed by atoms with Crippen LogP contribution >= 0.6 is 0 Å². The molecule has 3 heterocycles. The minimum absolute atomic E-state index is 0.186. The van der Waals surface area contributed by atoms with Gasteiger partial charge in [0.2, 0.25) is 5.91 Å². The monoisotopic (exact) mass is 425 g/mol. The van der Waals surface area contributed by atoms with Crippen molar-refractivity contribution in [2.24, 2.45) is 0 Å². The number of hydrogen-bond donors (Lipinski definition) is 2. The summed E-state index contributed by atoms with van der Waals surface area (Å²) in [6.45, 7) is 1.71. The fourth-order valence-corrected chi connectivity index (χ4v) is 4.00. The van der Waals surface area contributed by atoms with Gasteiger partial charge >= 0.3 is 0 Å². The van der Waals surface area contributed by atoms with Crippen LogP contribution in [0.2, 0.25) is 0 Å². The van der Waals surface area contributed by atoms with E-state index in [0.717, 1.165) is 11.1 Å². The Morgan fingerprint density at radius 3 is 2.66 bits per heavy atom. The minimum atomic E-state index is -0.353. The highest BCUT2D eigenvalue weighted by molar-refractivity contribution is 6.27. The Labute approximate surface area is 183 Å². The van der Waals surface area contributed by atoms with Gasteiger partial charge in [-0.25, -0.2) is 4.98 Å². The second kappa shape index (κ2) is 7.73. The van der Waals surface area contributed by atoms with Crippen molar-refractivity contribution in [3.05, 3.63) is 77.5 Å². The van der Waals surface area contributed by atoms with Gasteiger partial charge in [-0.1, -0.05) is 42.5 Å². The topological polar surface area (TPSA) is 108 Å². The Balaban J connectivity index is 1.54. The van der Waals surface area contributed by atoms with E-state index in [2.05, 4.69) is 20.5 Å². The molecule has 0 radical (unpaired) electrons. The fourth-order valence-electron chi connectivity index (χ4n) is 4.00. The minimum Gasteiger partial charge on any atom is -0.326 e. The first-order valence-corrected chi connectivity index (χ1v) is 10.2. The second-order valence-electron chi connectivity index (χ2n) is 7.60. The molecular formula is C24H19N5O3. The van der Waals surface area contributed by atoms with Gasteiger partial charge in [-0.3, -0.25) is 24.4 Å². The molecule has 0 atom stereocenters. The summed E-state index contributed by atoms with van der Waals surface area (Å²) in [5.74, 6) is -0.891. The normalized spacial score (nSPS) is 13.0. The Morgan fingerprint density at radius 2 is 1.88 bits per heavy atom. The molecule has 158 valence electrons. The number of fused-ring (bicyclic) bond motifs is 3. The summed E-state index contributed by atoms with van der Waals surface area (Å²) < 4.78 is 0. The molecule has 0 unspecified atom stereocenters. The number of imide groups is 1. The first-order chi connectivity index (χ1) is 15.5. The molecule has 8 nitrogen and oxygen atoms in total. The zero-order valence-corrected chi connectivity index (χ0v) is 17.3. The van der Waals surface area contributed by atoms with Crippen LogP contribution in [0.4, 0.5) is 5.69 Å². The predicted molar refractivity (Wildman–Crippen MR) is 119 cm³/mol. The number of nitrogens with one attached hydrogen (secondary N) is 2. The smallest absolute Gasteiger partial charge is 0.263 e. The lowest BCUT2D eigenvalue weighted by molar-refractivity contribution is -0.114. The van der Waals surface area contributed by atoms with Gasteiger partial charge in [0.15, 0.2) is 5.65 Å². The standard InChI is InChI=1S/C24H19N5O3/c1-14(30)26-17-9-5-8-16(12-17)21-20-19-18(13-25-22(20)28-27-21)23(31)29(24(19)32)11-10-15-6-3-2-4-7-15/h2-9,12-13H,10-11H2,1H3,(H,26,30)(H,25,27,28). The number of carbonyl (C=O) groups excluding carboxylic acids is 3. The highest BCUT2D eigenvalue weighted by atomic mass is 16.2. The third kappa shape index (κ3) is 3.31. The van der Waals surface area contributed by atoms with Gasteiger partial charge in [0.25, 0.3) is 11.8 Å². The van der Waals surface area contributed by atoms with E-state index in [1.54, 1.807) is 18.2 Å². The number of rotatable bonds is 5. The number of anilines is 1. The average molecular weight is 425 g/mol. The quantitative estimate of drug-likeness (QED) is 0.476. The van der Waals surface area contributed by atoms with Gasteiger partial charge in [0.05, 0.1) is 22.2 Å². The van der Waals surface area contributed by atoms with E-state index in [0.29, 0.717) is 34.4 Å². The molecule has 0 bridgehead atoms. The SMILES string of the molecule is CC(=O)Nc1cccc(-c2[nH]nc3ncc4c(c23)C(=O)N(CCc2ccccc2)C4=O)c1. The van der Waals surface area contributed by atoms with Crippen molar-refractivity contribution < 1.29 is 14.4 Å². The van der Waals surface area contributed by atoms with Crippen LogP contribution < -0.4 is 5.32 Å². The summed E-state index contributed by atoms with van der Waals surface area (Å²) in [7, 11) is 0. The van der Waals surface area contributed by atoms with Crippen LogP contribution in [0.25, 0.3) is 22.3 Å². The van der Waals surface area contributed by atoms with Gasteiger partial charge in [-0.2, -0.15) is 5.10 Å². The molecule has 1 aliphatic heterocycles. The van der Waals surface area contributed by atoms with Gasteiger partial charge in [-0.05, 0) is 24.1 Å². The molecule has 3 amide bonds. The lowest BCUT2D eigenvalue weighted by Crippen LogP contribution is -2.31. The molecule has 0 saturated carbocycles. The van der Waals surface area contributed by atoms with Crippen molar-refractivity contribution in [3.8, 4) is 11.3 Å². The highest BCUT2D eigenvalue weighted by Crippen LogP contribution is 2.35. The van der Waals surface area contributed by atoms with Crippen LogP contribution in [0.3, 0.4) is 0 Å². The van der Waals surface area contributed by atoms with E-state index in [1.807, 2.05) is 36.4 Å². The molecule has 1 aliphatic rings. The number of aromatic amines is 1. The molecule has 0 aliphatic carbocycles. The number of H-pyrrole nitrogens is 1. The van der Waals surface area contributed by atoms with Crippen LogP contribution in [-0.4, -0.2) is 44.3 Å². The third-order valence-electron chi connectivity index (χ3n) is 5.46. The maximum Gasteiger partial charge on any atom is 0.263 e. The molecule has 4 aromatic rings. The van der Waals surface area contributed by atoms with Gasteiger partial charge in [0.1, 0.15) is 0 Å². The van der Waals surface area contributed by atoms with E-state index < -0.39 is 0 Å². The van der Waals surface area contributed by atoms with E-state index in [-0.39, 0.29) is 29.8 Å². The molecular weight excluding hydrogens is 406 g/mol. The number of nitrogens with zero attached hydrogens (tertiary/aromatic N) is 3. The molecule has 5 rings (SSSR count). The number of carbonyl (C=O) groups is 3. The average Bonchev–Trinajstić information content (AvgIpc) is 3.32. The summed E-state index contributed by atoms with van der Waals surface area (Å²) in [5, 5.41) is 10.4. The number of hydrogen-bond acceptors (Lipinski definition) is 5. The van der Waals surface area contributed by atoms with E-state index in [1.165, 1.54) is 18.0 Å². The lowest BCUT2D eigenvalue weighted by Gasteiger charge is -2.13. The Hall–Kier alpha value is -4.33. The number of benzene rings is 2. The molecule has 0 saturated heterocycles. The van der Waals surface area contributed by atoms with Crippen molar-refractivity contribution in [1.29, 1.82) is 0 Å². The first-order valence-electron chi connectivity index (χ1n) is 10.2. The fraction of sp³-hybridized carbons (Fsp3) is 0.125. The zero-order chi connectivity index (χ0) is 22.2. The Morgan fingerprint density at radius 1 is 1.06 bits per heavy atom. The maximum atomic E-state index is 13.3. The lowest BCUT2D eigenvalue weighted by atomic mass is 10.0. The van der Waals surface area contributed by atoms with Crippen LogP contribution in [-0.2, 0) is 11.2 Å². The number of pyridine rings is 1. The maximum absolute atomic E-state index is 13.3. The van der Waals surface area contributed by atoms with Crippen LogP contribution in [0.1, 0.15) is 33.2 Å². The van der Waals surface area contributed by atoms with Crippen LogP contribution in [0.5, 0.6) is 0 Å². The van der Waals surface area contributed by atoms with Crippen molar-refractivity contribution in [3.63, 3.8) is 0 Å². The summed E-state index contributed by atoms with van der Waals surface area (Å²) >= 11 is 0. The van der Waals surface area contributed by atoms with E-state index in [9.17, 15) is 14.4 Å². The molecule has 32 heavy (non-hydrogen) atoms. The zero-order valence-electron chi connectivity index (χ0n) is 17.3. The second-order valence-corrected chi connectivity index (χ2v) is 7.60. The Bertz CT molecular complexity index is 1380. The number of amides is 3. The molecule has 0 spiro atoms. The molecule has 2 aromatic heterocycles. The summed E-state index contributed by atoms with van der Waals surface area (Å²) in [6, 6.07) is 16.9. The predicted octanol–water partition coefficient (Wildman–Crippen LogP) is 3.42. The summed E-state index contributed by atoms with van der Waals surface area (Å²) in [6.07, 6.45) is 1.98. The molecule has 8 heteroatoms. The van der Waals surface area contributed by atoms with Crippen molar-refractivity contribution in [1.82, 2.24) is 20.1 Å². The molecule has 0 fully saturated rings. The van der Waals surface area contributed by atoms with Gasteiger partial charge < -0.3 is 5.32 Å². The largest absolute Gasteiger partial charge is 0.326 e. The van der Waals surface area contributed by atoms with Crippen molar-refractivity contribution in [2.75, 3.05) is 11.9 Å². The molecule has 2 aromatic carbocycles. The van der Waals surface area contributed by atoms with E-state index >= 15 is 0 Å². The van der Waals surface area contributed by atoms with Crippen molar-refractivity contribution in [2.45, 2.75) is 13.3 Å². The first kappa shape index (κ1) is 19.6. The van der Waals surface area contributed by atoms with Gasteiger partial charge in [-0.15, -0.1) is 0 Å². The molecule has 2 N–H and O–H groups in total. The van der Waals surface area contributed by atoms with Crippen LogP contribution in [0.15, 0.2) is 60.8 Å². The van der Waals surface area contributed by atoms with Crippen LogP contribution in [0, 0.1) is 0 Å².